The van der Waals surface area contributed by atoms with Gasteiger partial charge in [0.05, 0.1) is 0 Å². The Morgan fingerprint density at radius 2 is 2.40 bits per heavy atom. The van der Waals surface area contributed by atoms with E-state index in [0.29, 0.717) is 19.0 Å². The number of rotatable bonds is 2. The number of halogens is 1. The Morgan fingerprint density at radius 1 is 1.60 bits per heavy atom. The van der Waals surface area contributed by atoms with Crippen molar-refractivity contribution in [1.29, 1.82) is 0 Å². The summed E-state index contributed by atoms with van der Waals surface area (Å²) >= 11 is 0. The highest BCUT2D eigenvalue weighted by atomic mass is 19.2. The molecule has 1 atom stereocenters. The minimum absolute atomic E-state index is 0.193. The summed E-state index contributed by atoms with van der Waals surface area (Å²) in [5.41, 5.74) is 0. The minimum Gasteiger partial charge on any atom is -0.396 e. The molecule has 0 saturated carbocycles. The first-order valence-corrected chi connectivity index (χ1v) is 3.84. The maximum Gasteiger partial charge on any atom is 0.0434 e. The van der Waals surface area contributed by atoms with E-state index in [4.69, 9.17) is 5.11 Å². The Hall–Kier alpha value is -0.150. The molecule has 0 radical (unpaired) electrons. The lowest BCUT2D eigenvalue weighted by Crippen LogP contribution is -2.29. The van der Waals surface area contributed by atoms with E-state index < -0.39 is 0 Å². The summed E-state index contributed by atoms with van der Waals surface area (Å²) in [6.07, 6.45) is 2.75. The first kappa shape index (κ1) is 7.95. The van der Waals surface area contributed by atoms with Gasteiger partial charge in [-0.25, -0.2) is 0 Å². The van der Waals surface area contributed by atoms with Crippen molar-refractivity contribution < 1.29 is 9.59 Å². The van der Waals surface area contributed by atoms with Gasteiger partial charge in [-0.2, -0.15) is 0 Å². The maximum absolute atomic E-state index is 12.5. The highest BCUT2D eigenvalue weighted by Crippen LogP contribution is 2.18. The summed E-state index contributed by atoms with van der Waals surface area (Å²) in [7, 11) is 0. The normalized spacial score (nSPS) is 28.8. The second-order valence-electron chi connectivity index (χ2n) is 2.89. The van der Waals surface area contributed by atoms with Crippen molar-refractivity contribution in [3.05, 3.63) is 0 Å². The second-order valence-corrected chi connectivity index (χ2v) is 2.89. The van der Waals surface area contributed by atoms with E-state index in [0.717, 1.165) is 24.4 Å². The molecule has 1 aliphatic heterocycles. The molecule has 0 aromatic heterocycles. The van der Waals surface area contributed by atoms with Crippen molar-refractivity contribution in [2.75, 3.05) is 19.7 Å². The lowest BCUT2D eigenvalue weighted by Gasteiger charge is -2.25. The largest absolute Gasteiger partial charge is 0.396 e. The Morgan fingerprint density at radius 3 is 3.00 bits per heavy atom. The van der Waals surface area contributed by atoms with Gasteiger partial charge in [0.15, 0.2) is 0 Å². The van der Waals surface area contributed by atoms with E-state index in [1.807, 2.05) is 0 Å². The molecule has 0 aliphatic carbocycles. The Kier molecular flexibility index (Phi) is 3.09. The molecule has 10 heavy (non-hydrogen) atoms. The van der Waals surface area contributed by atoms with Gasteiger partial charge < -0.3 is 5.11 Å². The quantitative estimate of drug-likeness (QED) is 0.588. The SMILES string of the molecule is OCCC1CCCN(F)C1. The topological polar surface area (TPSA) is 23.5 Å². The van der Waals surface area contributed by atoms with Crippen molar-refractivity contribution in [2.45, 2.75) is 19.3 Å². The first-order chi connectivity index (χ1) is 4.83. The molecule has 0 aromatic carbocycles. The van der Waals surface area contributed by atoms with Crippen LogP contribution in [-0.4, -0.2) is 29.9 Å². The van der Waals surface area contributed by atoms with Gasteiger partial charge >= 0.3 is 0 Å². The summed E-state index contributed by atoms with van der Waals surface area (Å²) in [6, 6.07) is 0. The highest BCUT2D eigenvalue weighted by Gasteiger charge is 2.18. The van der Waals surface area contributed by atoms with Gasteiger partial charge in [-0.05, 0) is 25.2 Å². The zero-order valence-electron chi connectivity index (χ0n) is 6.09. The fourth-order valence-corrected chi connectivity index (χ4v) is 1.43. The summed E-state index contributed by atoms with van der Waals surface area (Å²) in [4.78, 5) is 0. The van der Waals surface area contributed by atoms with Crippen LogP contribution in [-0.2, 0) is 0 Å². The van der Waals surface area contributed by atoms with E-state index in [2.05, 4.69) is 0 Å². The van der Waals surface area contributed by atoms with Gasteiger partial charge in [-0.1, -0.05) is 0 Å². The van der Waals surface area contributed by atoms with Crippen LogP contribution in [0.25, 0.3) is 0 Å². The van der Waals surface area contributed by atoms with E-state index in [1.54, 1.807) is 0 Å². The van der Waals surface area contributed by atoms with Crippen LogP contribution in [0, 0.1) is 5.92 Å². The van der Waals surface area contributed by atoms with Crippen LogP contribution in [0.4, 0.5) is 4.48 Å². The van der Waals surface area contributed by atoms with Crippen molar-refractivity contribution >= 4 is 0 Å². The molecule has 1 fully saturated rings. The van der Waals surface area contributed by atoms with Crippen molar-refractivity contribution in [3.63, 3.8) is 0 Å². The molecule has 1 N–H and O–H groups in total. The van der Waals surface area contributed by atoms with Gasteiger partial charge in [0, 0.05) is 19.7 Å². The van der Waals surface area contributed by atoms with Gasteiger partial charge in [-0.15, -0.1) is 9.60 Å². The standard InChI is InChI=1S/C7H14FNO/c8-9-4-1-2-7(6-9)3-5-10/h7,10H,1-6H2. The molecule has 0 bridgehead atoms. The summed E-state index contributed by atoms with van der Waals surface area (Å²) in [5, 5.41) is 9.41. The van der Waals surface area contributed by atoms with Crippen LogP contribution in [0.1, 0.15) is 19.3 Å². The molecule has 60 valence electrons. The zero-order valence-corrected chi connectivity index (χ0v) is 6.09. The summed E-state index contributed by atoms with van der Waals surface area (Å²) in [5.74, 6) is 0.378. The molecule has 1 saturated heterocycles. The van der Waals surface area contributed by atoms with Crippen molar-refractivity contribution in [2.24, 2.45) is 5.92 Å². The monoisotopic (exact) mass is 147 g/mol. The maximum atomic E-state index is 12.5. The van der Waals surface area contributed by atoms with Crippen LogP contribution < -0.4 is 0 Å². The number of hydrogen-bond donors (Lipinski definition) is 1. The molecule has 1 unspecified atom stereocenters. The van der Waals surface area contributed by atoms with E-state index >= 15 is 0 Å². The number of hydrogen-bond acceptors (Lipinski definition) is 2. The third-order valence-electron chi connectivity index (χ3n) is 2.01. The van der Waals surface area contributed by atoms with Crippen LogP contribution in [0.2, 0.25) is 0 Å². The predicted octanol–water partition coefficient (Wildman–Crippen LogP) is 0.965. The fourth-order valence-electron chi connectivity index (χ4n) is 1.43. The molecule has 1 rings (SSSR count). The van der Waals surface area contributed by atoms with Crippen LogP contribution in [0.5, 0.6) is 0 Å². The molecular formula is C7H14FNO. The van der Waals surface area contributed by atoms with E-state index in [9.17, 15) is 4.48 Å². The molecule has 0 amide bonds. The second kappa shape index (κ2) is 3.88. The molecule has 3 heteroatoms. The number of nitrogens with zero attached hydrogens (tertiary/aromatic N) is 1. The Balaban J connectivity index is 2.18. The molecule has 1 heterocycles. The molecule has 0 aromatic rings. The summed E-state index contributed by atoms with van der Waals surface area (Å²) in [6.45, 7) is 1.28. The minimum atomic E-state index is 0.193. The van der Waals surface area contributed by atoms with Gasteiger partial charge in [0.2, 0.25) is 0 Å². The number of aliphatic hydroxyl groups excluding tert-OH is 1. The molecule has 0 spiro atoms. The van der Waals surface area contributed by atoms with Gasteiger partial charge in [0.1, 0.15) is 0 Å². The van der Waals surface area contributed by atoms with E-state index in [-0.39, 0.29) is 6.61 Å². The molecular weight excluding hydrogens is 133 g/mol. The first-order valence-electron chi connectivity index (χ1n) is 3.84. The third-order valence-corrected chi connectivity index (χ3v) is 2.01. The number of aliphatic hydroxyl groups is 1. The van der Waals surface area contributed by atoms with Crippen LogP contribution in [0.3, 0.4) is 0 Å². The highest BCUT2D eigenvalue weighted by molar-refractivity contribution is 4.67. The average Bonchev–Trinajstić information content (AvgIpc) is 1.88. The summed E-state index contributed by atoms with van der Waals surface area (Å²) < 4.78 is 12.5. The molecule has 2 nitrogen and oxygen atoms in total. The van der Waals surface area contributed by atoms with Gasteiger partial charge in [-0.3, -0.25) is 0 Å². The van der Waals surface area contributed by atoms with E-state index in [1.165, 1.54) is 0 Å². The van der Waals surface area contributed by atoms with Gasteiger partial charge in [0.25, 0.3) is 0 Å². The lowest BCUT2D eigenvalue weighted by atomic mass is 9.97. The zero-order chi connectivity index (χ0) is 7.40. The van der Waals surface area contributed by atoms with Crippen LogP contribution in [0.15, 0.2) is 0 Å². The lowest BCUT2D eigenvalue weighted by molar-refractivity contribution is -0.0201. The molecule has 1 aliphatic rings. The smallest absolute Gasteiger partial charge is 0.0434 e. The van der Waals surface area contributed by atoms with Crippen LogP contribution >= 0.6 is 0 Å². The average molecular weight is 147 g/mol. The van der Waals surface area contributed by atoms with Crippen molar-refractivity contribution in [1.82, 2.24) is 5.12 Å². The Bertz CT molecular complexity index is 97.6. The Labute approximate surface area is 60.6 Å². The number of piperidine rings is 1. The fraction of sp³-hybridized carbons (Fsp3) is 1.00. The predicted molar refractivity (Wildman–Crippen MR) is 37.1 cm³/mol. The third kappa shape index (κ3) is 2.23. The van der Waals surface area contributed by atoms with Crippen molar-refractivity contribution in [3.8, 4) is 0 Å².